The van der Waals surface area contributed by atoms with Crippen molar-refractivity contribution in [2.24, 2.45) is 5.10 Å². The Bertz CT molecular complexity index is 1310. The minimum Gasteiger partial charge on any atom is -0.493 e. The van der Waals surface area contributed by atoms with Gasteiger partial charge in [-0.05, 0) is 60.2 Å². The van der Waals surface area contributed by atoms with Crippen LogP contribution in [0.5, 0.6) is 11.5 Å². The molecule has 0 saturated heterocycles. The van der Waals surface area contributed by atoms with Crippen LogP contribution in [-0.2, 0) is 4.79 Å². The molecule has 0 radical (unpaired) electrons. The van der Waals surface area contributed by atoms with E-state index in [4.69, 9.17) is 21.1 Å². The number of hydrogen-bond donors (Lipinski definition) is 2. The van der Waals surface area contributed by atoms with Crippen LogP contribution in [0.25, 0.3) is 0 Å². The lowest BCUT2D eigenvalue weighted by Crippen LogP contribution is -2.34. The predicted octanol–water partition coefficient (Wildman–Crippen LogP) is 3.36. The zero-order valence-electron chi connectivity index (χ0n) is 18.8. The van der Waals surface area contributed by atoms with Crippen LogP contribution in [0.15, 0.2) is 71.8 Å². The summed E-state index contributed by atoms with van der Waals surface area (Å²) in [7, 11) is 1.38. The molecule has 3 aromatic carbocycles. The molecule has 0 aliphatic heterocycles. The highest BCUT2D eigenvalue weighted by molar-refractivity contribution is 6.30. The minimum absolute atomic E-state index is 0.118. The van der Waals surface area contributed by atoms with E-state index in [1.54, 1.807) is 18.2 Å². The van der Waals surface area contributed by atoms with Crippen molar-refractivity contribution < 1.29 is 28.8 Å². The third kappa shape index (κ3) is 7.11. The fraction of sp³-hybridized carbons (Fsp3) is 0.0833. The number of nitrogens with zero attached hydrogens (tertiary/aromatic N) is 2. The molecule has 12 heteroatoms. The Morgan fingerprint density at radius 3 is 2.31 bits per heavy atom. The zero-order chi connectivity index (χ0) is 26.1. The second-order valence-corrected chi connectivity index (χ2v) is 7.52. The average molecular weight is 511 g/mol. The molecule has 3 aromatic rings. The Kier molecular flexibility index (Phi) is 8.68. The first-order valence-corrected chi connectivity index (χ1v) is 10.6. The molecule has 0 spiro atoms. The van der Waals surface area contributed by atoms with Crippen LogP contribution < -0.4 is 20.2 Å². The molecule has 0 aliphatic carbocycles. The normalized spacial score (nSPS) is 10.5. The van der Waals surface area contributed by atoms with E-state index >= 15 is 0 Å². The maximum atomic E-state index is 12.4. The van der Waals surface area contributed by atoms with Crippen molar-refractivity contribution in [3.8, 4) is 11.5 Å². The summed E-state index contributed by atoms with van der Waals surface area (Å²) in [6, 6.07) is 15.7. The second-order valence-electron chi connectivity index (χ2n) is 7.09. The third-order valence-electron chi connectivity index (χ3n) is 4.62. The first-order chi connectivity index (χ1) is 17.3. The summed E-state index contributed by atoms with van der Waals surface area (Å²) in [5.41, 5.74) is 3.14. The van der Waals surface area contributed by atoms with Crippen molar-refractivity contribution >= 4 is 41.3 Å². The molecule has 0 aromatic heterocycles. The Morgan fingerprint density at radius 2 is 1.67 bits per heavy atom. The SMILES string of the molecule is COc1cc(C=NNC(=O)CNC(=O)c2ccc(Cl)cc2)ccc1OC(=O)c1ccc([N+](=O)[O-])cc1. The van der Waals surface area contributed by atoms with Crippen molar-refractivity contribution in [2.75, 3.05) is 13.7 Å². The summed E-state index contributed by atoms with van der Waals surface area (Å²) in [5, 5.41) is 17.5. The number of nitrogens with one attached hydrogen (secondary N) is 2. The predicted molar refractivity (Wildman–Crippen MR) is 131 cm³/mol. The van der Waals surface area contributed by atoms with Gasteiger partial charge in [0.05, 0.1) is 30.4 Å². The molecular weight excluding hydrogens is 492 g/mol. The molecule has 36 heavy (non-hydrogen) atoms. The van der Waals surface area contributed by atoms with Gasteiger partial charge in [-0.25, -0.2) is 10.2 Å². The monoisotopic (exact) mass is 510 g/mol. The number of nitro groups is 1. The van der Waals surface area contributed by atoms with E-state index in [2.05, 4.69) is 15.8 Å². The number of amides is 2. The van der Waals surface area contributed by atoms with Gasteiger partial charge in [-0.1, -0.05) is 11.6 Å². The second kappa shape index (κ2) is 12.1. The average Bonchev–Trinajstić information content (AvgIpc) is 2.88. The van der Waals surface area contributed by atoms with Crippen molar-refractivity contribution in [1.82, 2.24) is 10.7 Å². The number of hydrogen-bond acceptors (Lipinski definition) is 8. The number of non-ortho nitro benzene ring substituents is 1. The van der Waals surface area contributed by atoms with E-state index < -0.39 is 22.7 Å². The van der Waals surface area contributed by atoms with E-state index in [-0.39, 0.29) is 29.3 Å². The molecule has 184 valence electrons. The largest absolute Gasteiger partial charge is 0.493 e. The molecular formula is C24H19ClN4O7. The number of ether oxygens (including phenoxy) is 2. The van der Waals surface area contributed by atoms with Gasteiger partial charge in [0, 0.05) is 22.7 Å². The van der Waals surface area contributed by atoms with Gasteiger partial charge in [-0.3, -0.25) is 19.7 Å². The molecule has 11 nitrogen and oxygen atoms in total. The molecule has 0 unspecified atom stereocenters. The van der Waals surface area contributed by atoms with E-state index in [0.717, 1.165) is 0 Å². The Morgan fingerprint density at radius 1 is 1.00 bits per heavy atom. The van der Waals surface area contributed by atoms with Crippen LogP contribution in [0, 0.1) is 10.1 Å². The number of nitro benzene ring substituents is 1. The molecule has 0 heterocycles. The van der Waals surface area contributed by atoms with E-state index in [1.165, 1.54) is 61.9 Å². The lowest BCUT2D eigenvalue weighted by Gasteiger charge is -2.10. The number of carbonyl (C=O) groups is 3. The standard InChI is InChI=1S/C24H19ClN4O7/c1-35-21-12-15(2-11-20(21)36-24(32)17-5-9-19(10-6-17)29(33)34)13-27-28-22(30)14-26-23(31)16-3-7-18(25)8-4-16/h2-13H,14H2,1H3,(H,26,31)(H,28,30). The van der Waals surface area contributed by atoms with Crippen LogP contribution in [-0.4, -0.2) is 42.6 Å². The Labute approximate surface area is 209 Å². The summed E-state index contributed by atoms with van der Waals surface area (Å²) in [6.07, 6.45) is 1.34. The maximum Gasteiger partial charge on any atom is 0.343 e. The fourth-order valence-electron chi connectivity index (χ4n) is 2.81. The molecule has 2 amide bonds. The maximum absolute atomic E-state index is 12.4. The number of hydrazone groups is 1. The molecule has 0 aliphatic rings. The van der Waals surface area contributed by atoms with E-state index in [1.807, 2.05) is 0 Å². The van der Waals surface area contributed by atoms with Gasteiger partial charge in [-0.2, -0.15) is 5.10 Å². The number of methoxy groups -OCH3 is 1. The summed E-state index contributed by atoms with van der Waals surface area (Å²) in [5.74, 6) is -1.37. The number of halogens is 1. The van der Waals surface area contributed by atoms with Gasteiger partial charge in [0.15, 0.2) is 11.5 Å². The summed E-state index contributed by atoms with van der Waals surface area (Å²) >= 11 is 5.78. The Balaban J connectivity index is 1.54. The fourth-order valence-corrected chi connectivity index (χ4v) is 2.94. The van der Waals surface area contributed by atoms with Crippen molar-refractivity contribution in [3.05, 3.63) is 98.6 Å². The van der Waals surface area contributed by atoms with Gasteiger partial charge in [0.1, 0.15) is 0 Å². The van der Waals surface area contributed by atoms with Crippen molar-refractivity contribution in [1.29, 1.82) is 0 Å². The zero-order valence-corrected chi connectivity index (χ0v) is 19.5. The van der Waals surface area contributed by atoms with Gasteiger partial charge in [-0.15, -0.1) is 0 Å². The highest BCUT2D eigenvalue weighted by atomic mass is 35.5. The first kappa shape index (κ1) is 25.8. The summed E-state index contributed by atoms with van der Waals surface area (Å²) in [6.45, 7) is -0.292. The van der Waals surface area contributed by atoms with Crippen LogP contribution in [0.1, 0.15) is 26.3 Å². The van der Waals surface area contributed by atoms with Gasteiger partial charge < -0.3 is 14.8 Å². The molecule has 0 bridgehead atoms. The molecule has 2 N–H and O–H groups in total. The lowest BCUT2D eigenvalue weighted by atomic mass is 10.2. The van der Waals surface area contributed by atoms with Gasteiger partial charge >= 0.3 is 5.97 Å². The van der Waals surface area contributed by atoms with Crippen LogP contribution in [0.2, 0.25) is 5.02 Å². The molecule has 0 saturated carbocycles. The number of rotatable bonds is 9. The number of benzene rings is 3. The molecule has 0 fully saturated rings. The van der Waals surface area contributed by atoms with E-state index in [0.29, 0.717) is 16.1 Å². The van der Waals surface area contributed by atoms with Crippen LogP contribution in [0.3, 0.4) is 0 Å². The summed E-state index contributed by atoms with van der Waals surface area (Å²) in [4.78, 5) is 46.5. The summed E-state index contributed by atoms with van der Waals surface area (Å²) < 4.78 is 10.6. The number of esters is 1. The smallest absolute Gasteiger partial charge is 0.343 e. The van der Waals surface area contributed by atoms with E-state index in [9.17, 15) is 24.5 Å². The van der Waals surface area contributed by atoms with Gasteiger partial charge in [0.2, 0.25) is 0 Å². The topological polar surface area (TPSA) is 149 Å². The quantitative estimate of drug-likeness (QED) is 0.147. The van der Waals surface area contributed by atoms with Gasteiger partial charge in [0.25, 0.3) is 17.5 Å². The van der Waals surface area contributed by atoms with Crippen molar-refractivity contribution in [2.45, 2.75) is 0 Å². The first-order valence-electron chi connectivity index (χ1n) is 10.3. The molecule has 3 rings (SSSR count). The van der Waals surface area contributed by atoms with Crippen LogP contribution in [0.4, 0.5) is 5.69 Å². The highest BCUT2D eigenvalue weighted by Crippen LogP contribution is 2.28. The third-order valence-corrected chi connectivity index (χ3v) is 4.87. The Hall–Kier alpha value is -4.77. The highest BCUT2D eigenvalue weighted by Gasteiger charge is 2.14. The van der Waals surface area contributed by atoms with Crippen molar-refractivity contribution in [3.63, 3.8) is 0 Å². The number of carbonyl (C=O) groups excluding carboxylic acids is 3. The van der Waals surface area contributed by atoms with Crippen LogP contribution >= 0.6 is 11.6 Å². The molecule has 0 atom stereocenters. The lowest BCUT2D eigenvalue weighted by molar-refractivity contribution is -0.384. The minimum atomic E-state index is -0.725.